The van der Waals surface area contributed by atoms with E-state index in [1.807, 2.05) is 54.4 Å². The molecule has 0 saturated heterocycles. The van der Waals surface area contributed by atoms with Crippen molar-refractivity contribution in [1.29, 1.82) is 0 Å². The summed E-state index contributed by atoms with van der Waals surface area (Å²) in [6.45, 7) is 2.68. The molecule has 9 heteroatoms. The van der Waals surface area contributed by atoms with Crippen LogP contribution in [0.5, 0.6) is 0 Å². The summed E-state index contributed by atoms with van der Waals surface area (Å²) >= 11 is 7.44. The maximum absolute atomic E-state index is 12.7. The standard InChI is InChI=1S/C20H21ClN4O3S/c1-3-28-20(27)16-11-22-25(14-7-5-4-6-8-14)19(16)23-18(26)13-24(2)12-15-9-10-17(21)29-15/h4-11H,3,12-13H2,1-2H3,(H,23,26). The van der Waals surface area contributed by atoms with E-state index in [-0.39, 0.29) is 30.4 Å². The lowest BCUT2D eigenvalue weighted by atomic mass is 10.3. The van der Waals surface area contributed by atoms with Crippen LogP contribution >= 0.6 is 22.9 Å². The van der Waals surface area contributed by atoms with E-state index in [2.05, 4.69) is 10.4 Å². The predicted octanol–water partition coefficient (Wildman–Crippen LogP) is 3.83. The molecule has 0 fully saturated rings. The average Bonchev–Trinajstić information content (AvgIpc) is 3.28. The molecule has 1 aromatic carbocycles. The molecule has 0 bridgehead atoms. The molecule has 0 saturated carbocycles. The van der Waals surface area contributed by atoms with E-state index in [9.17, 15) is 9.59 Å². The second-order valence-electron chi connectivity index (χ2n) is 6.30. The molecule has 3 rings (SSSR count). The highest BCUT2D eigenvalue weighted by Gasteiger charge is 2.22. The number of nitrogens with zero attached hydrogens (tertiary/aromatic N) is 3. The molecule has 0 aliphatic heterocycles. The molecule has 0 aliphatic rings. The first-order valence-electron chi connectivity index (χ1n) is 9.01. The summed E-state index contributed by atoms with van der Waals surface area (Å²) in [6, 6.07) is 13.0. The molecular formula is C20H21ClN4O3S. The van der Waals surface area contributed by atoms with Gasteiger partial charge in [-0.25, -0.2) is 9.48 Å². The van der Waals surface area contributed by atoms with Crippen molar-refractivity contribution in [2.24, 2.45) is 0 Å². The van der Waals surface area contributed by atoms with Gasteiger partial charge in [-0.15, -0.1) is 11.3 Å². The highest BCUT2D eigenvalue weighted by Crippen LogP contribution is 2.23. The molecule has 1 amide bonds. The molecule has 0 spiro atoms. The molecular weight excluding hydrogens is 412 g/mol. The van der Waals surface area contributed by atoms with Crippen LogP contribution in [-0.2, 0) is 16.1 Å². The zero-order valence-electron chi connectivity index (χ0n) is 16.1. The number of para-hydroxylation sites is 1. The zero-order valence-corrected chi connectivity index (χ0v) is 17.7. The minimum Gasteiger partial charge on any atom is -0.462 e. The fraction of sp³-hybridized carbons (Fsp3) is 0.250. The highest BCUT2D eigenvalue weighted by molar-refractivity contribution is 7.16. The van der Waals surface area contributed by atoms with E-state index in [1.54, 1.807) is 6.92 Å². The third kappa shape index (κ3) is 5.44. The Kier molecular flexibility index (Phi) is 7.03. The number of thiophene rings is 1. The molecule has 0 atom stereocenters. The lowest BCUT2D eigenvalue weighted by Gasteiger charge is -2.16. The summed E-state index contributed by atoms with van der Waals surface area (Å²) in [6.07, 6.45) is 1.40. The van der Waals surface area contributed by atoms with Crippen LogP contribution in [0.3, 0.4) is 0 Å². The first kappa shape index (κ1) is 21.0. The molecule has 2 aromatic heterocycles. The average molecular weight is 433 g/mol. The van der Waals surface area contributed by atoms with Crippen molar-refractivity contribution < 1.29 is 14.3 Å². The number of anilines is 1. The van der Waals surface area contributed by atoms with Gasteiger partial charge < -0.3 is 10.1 Å². The molecule has 0 radical (unpaired) electrons. The summed E-state index contributed by atoms with van der Waals surface area (Å²) in [5.41, 5.74) is 0.927. The van der Waals surface area contributed by atoms with Gasteiger partial charge in [-0.1, -0.05) is 29.8 Å². The number of hydrogen-bond donors (Lipinski definition) is 1. The molecule has 2 heterocycles. The highest BCUT2D eigenvalue weighted by atomic mass is 35.5. The van der Waals surface area contributed by atoms with E-state index in [1.165, 1.54) is 22.2 Å². The number of aromatic nitrogens is 2. The Hall–Kier alpha value is -2.68. The maximum Gasteiger partial charge on any atom is 0.343 e. The van der Waals surface area contributed by atoms with E-state index in [0.717, 1.165) is 10.6 Å². The number of halogens is 1. The predicted molar refractivity (Wildman–Crippen MR) is 114 cm³/mol. The summed E-state index contributed by atoms with van der Waals surface area (Å²) in [7, 11) is 1.84. The number of carbonyl (C=O) groups excluding carboxylic acids is 2. The second kappa shape index (κ2) is 9.69. The molecule has 152 valence electrons. The number of benzene rings is 1. The van der Waals surface area contributed by atoms with Crippen molar-refractivity contribution in [1.82, 2.24) is 14.7 Å². The lowest BCUT2D eigenvalue weighted by Crippen LogP contribution is -2.30. The van der Waals surface area contributed by atoms with Gasteiger partial charge in [0.25, 0.3) is 0 Å². The van der Waals surface area contributed by atoms with Crippen molar-refractivity contribution in [2.75, 3.05) is 25.5 Å². The van der Waals surface area contributed by atoms with Crippen LogP contribution in [0, 0.1) is 0 Å². The Balaban J connectivity index is 1.77. The maximum atomic E-state index is 12.7. The summed E-state index contributed by atoms with van der Waals surface area (Å²) in [5, 5.41) is 7.08. The molecule has 0 aliphatic carbocycles. The van der Waals surface area contributed by atoms with E-state index < -0.39 is 5.97 Å². The number of nitrogens with one attached hydrogen (secondary N) is 1. The summed E-state index contributed by atoms with van der Waals surface area (Å²) in [5.74, 6) is -0.517. The fourth-order valence-corrected chi connectivity index (χ4v) is 3.94. The van der Waals surface area contributed by atoms with Crippen molar-refractivity contribution in [2.45, 2.75) is 13.5 Å². The minimum absolute atomic E-state index is 0.137. The van der Waals surface area contributed by atoms with Crippen LogP contribution in [0.2, 0.25) is 4.34 Å². The number of likely N-dealkylation sites (N-methyl/N-ethyl adjacent to an activating group) is 1. The Labute approximate surface area is 177 Å². The van der Waals surface area contributed by atoms with Gasteiger partial charge >= 0.3 is 5.97 Å². The van der Waals surface area contributed by atoms with E-state index in [4.69, 9.17) is 16.3 Å². The van der Waals surface area contributed by atoms with Crippen LogP contribution in [0.25, 0.3) is 5.69 Å². The van der Waals surface area contributed by atoms with Crippen molar-refractivity contribution in [3.63, 3.8) is 0 Å². The number of esters is 1. The quantitative estimate of drug-likeness (QED) is 0.547. The van der Waals surface area contributed by atoms with Crippen LogP contribution < -0.4 is 5.32 Å². The van der Waals surface area contributed by atoms with Crippen LogP contribution in [-0.4, -0.2) is 46.8 Å². The third-order valence-electron chi connectivity index (χ3n) is 3.99. The number of carbonyl (C=O) groups is 2. The van der Waals surface area contributed by atoms with Crippen LogP contribution in [0.15, 0.2) is 48.7 Å². The topological polar surface area (TPSA) is 76.5 Å². The molecule has 0 unspecified atom stereocenters. The monoisotopic (exact) mass is 432 g/mol. The van der Waals surface area contributed by atoms with E-state index >= 15 is 0 Å². The van der Waals surface area contributed by atoms with Gasteiger partial charge in [0.15, 0.2) is 5.82 Å². The van der Waals surface area contributed by atoms with Crippen molar-refractivity contribution in [3.05, 3.63) is 63.4 Å². The Morgan fingerprint density at radius 2 is 2.00 bits per heavy atom. The Morgan fingerprint density at radius 3 is 2.66 bits per heavy atom. The van der Waals surface area contributed by atoms with Gasteiger partial charge in [-0.3, -0.25) is 9.69 Å². The summed E-state index contributed by atoms with van der Waals surface area (Å²) < 4.78 is 7.33. The third-order valence-corrected chi connectivity index (χ3v) is 5.21. The SMILES string of the molecule is CCOC(=O)c1cnn(-c2ccccc2)c1NC(=O)CN(C)Cc1ccc(Cl)s1. The van der Waals surface area contributed by atoms with Gasteiger partial charge in [0.1, 0.15) is 5.56 Å². The summed E-state index contributed by atoms with van der Waals surface area (Å²) in [4.78, 5) is 27.9. The minimum atomic E-state index is -0.536. The Bertz CT molecular complexity index is 987. The van der Waals surface area contributed by atoms with Gasteiger partial charge in [0.2, 0.25) is 5.91 Å². The van der Waals surface area contributed by atoms with Crippen molar-refractivity contribution >= 4 is 40.6 Å². The largest absolute Gasteiger partial charge is 0.462 e. The fourth-order valence-electron chi connectivity index (χ4n) is 2.77. The number of amides is 1. The van der Waals surface area contributed by atoms with Gasteiger partial charge in [0, 0.05) is 11.4 Å². The number of hydrogen-bond acceptors (Lipinski definition) is 6. The van der Waals surface area contributed by atoms with Gasteiger partial charge in [-0.2, -0.15) is 5.10 Å². The molecule has 7 nitrogen and oxygen atoms in total. The van der Waals surface area contributed by atoms with Gasteiger partial charge in [0.05, 0.1) is 29.4 Å². The molecule has 29 heavy (non-hydrogen) atoms. The normalized spacial score (nSPS) is 10.9. The lowest BCUT2D eigenvalue weighted by molar-refractivity contribution is -0.117. The van der Waals surface area contributed by atoms with Crippen molar-refractivity contribution in [3.8, 4) is 5.69 Å². The first-order chi connectivity index (χ1) is 14.0. The zero-order chi connectivity index (χ0) is 20.8. The van der Waals surface area contributed by atoms with Crippen LogP contribution in [0.4, 0.5) is 5.82 Å². The first-order valence-corrected chi connectivity index (χ1v) is 10.2. The number of ether oxygens (including phenoxy) is 1. The Morgan fingerprint density at radius 1 is 1.24 bits per heavy atom. The second-order valence-corrected chi connectivity index (χ2v) is 8.10. The van der Waals surface area contributed by atoms with E-state index in [0.29, 0.717) is 10.9 Å². The van der Waals surface area contributed by atoms with Crippen LogP contribution in [0.1, 0.15) is 22.2 Å². The molecule has 1 N–H and O–H groups in total. The van der Waals surface area contributed by atoms with Gasteiger partial charge in [-0.05, 0) is 38.2 Å². The number of rotatable bonds is 8. The smallest absolute Gasteiger partial charge is 0.343 e. The molecule has 3 aromatic rings.